The van der Waals surface area contributed by atoms with Gasteiger partial charge in [-0.1, -0.05) is 70.4 Å². The van der Waals surface area contributed by atoms with Crippen LogP contribution >= 0.6 is 0 Å². The maximum atomic E-state index is 9.12. The highest BCUT2D eigenvalue weighted by atomic mass is 16.3. The van der Waals surface area contributed by atoms with Gasteiger partial charge in [-0.2, -0.15) is 0 Å². The summed E-state index contributed by atoms with van der Waals surface area (Å²) < 4.78 is 0. The van der Waals surface area contributed by atoms with Crippen molar-refractivity contribution in [3.05, 3.63) is 12.2 Å². The zero-order valence-corrected chi connectivity index (χ0v) is 12.7. The van der Waals surface area contributed by atoms with Gasteiger partial charge in [0.25, 0.3) is 0 Å². The molecule has 0 amide bonds. The lowest BCUT2D eigenvalue weighted by atomic mass is 10.1. The smallest absolute Gasteiger partial charge is 0.0512 e. The van der Waals surface area contributed by atoms with Crippen molar-refractivity contribution in [3.8, 4) is 0 Å². The molecule has 0 aromatic rings. The standard InChI is InChI=1S/C17H34O/c1-3-4-5-6-7-8-9-10-11-12-13-14-15-16-17(2)18/h6-7,17-18H,3-5,8-16H2,1-2H3/b7-6-. The lowest BCUT2D eigenvalue weighted by Gasteiger charge is -2.03. The molecule has 1 atom stereocenters. The highest BCUT2D eigenvalue weighted by Gasteiger charge is 1.95. The molecule has 0 spiro atoms. The lowest BCUT2D eigenvalue weighted by molar-refractivity contribution is 0.180. The van der Waals surface area contributed by atoms with Gasteiger partial charge in [-0.15, -0.1) is 0 Å². The molecular formula is C17H34O. The van der Waals surface area contributed by atoms with E-state index < -0.39 is 0 Å². The van der Waals surface area contributed by atoms with Crippen molar-refractivity contribution < 1.29 is 5.11 Å². The number of unbranched alkanes of at least 4 members (excludes halogenated alkanes) is 9. The van der Waals surface area contributed by atoms with E-state index in [1.54, 1.807) is 0 Å². The van der Waals surface area contributed by atoms with Crippen LogP contribution in [0, 0.1) is 0 Å². The number of allylic oxidation sites excluding steroid dienone is 2. The fraction of sp³-hybridized carbons (Fsp3) is 0.882. The summed E-state index contributed by atoms with van der Waals surface area (Å²) in [5.41, 5.74) is 0. The summed E-state index contributed by atoms with van der Waals surface area (Å²) in [6, 6.07) is 0. The fourth-order valence-electron chi connectivity index (χ4n) is 2.14. The molecule has 0 heterocycles. The van der Waals surface area contributed by atoms with Gasteiger partial charge in [0.2, 0.25) is 0 Å². The average molecular weight is 254 g/mol. The Kier molecular flexibility index (Phi) is 14.5. The van der Waals surface area contributed by atoms with E-state index in [-0.39, 0.29) is 6.10 Å². The summed E-state index contributed by atoms with van der Waals surface area (Å²) in [5.74, 6) is 0. The van der Waals surface area contributed by atoms with E-state index >= 15 is 0 Å². The van der Waals surface area contributed by atoms with Crippen LogP contribution in [-0.2, 0) is 0 Å². The van der Waals surface area contributed by atoms with Gasteiger partial charge in [-0.25, -0.2) is 0 Å². The topological polar surface area (TPSA) is 20.2 Å². The molecule has 108 valence electrons. The van der Waals surface area contributed by atoms with E-state index in [1.165, 1.54) is 70.6 Å². The molecule has 0 radical (unpaired) electrons. The second-order valence-corrected chi connectivity index (χ2v) is 5.51. The largest absolute Gasteiger partial charge is 0.393 e. The van der Waals surface area contributed by atoms with E-state index in [9.17, 15) is 0 Å². The highest BCUT2D eigenvalue weighted by Crippen LogP contribution is 2.11. The van der Waals surface area contributed by atoms with Crippen LogP contribution in [-0.4, -0.2) is 11.2 Å². The zero-order valence-electron chi connectivity index (χ0n) is 12.7. The molecule has 0 aliphatic carbocycles. The van der Waals surface area contributed by atoms with Crippen LogP contribution in [0.3, 0.4) is 0 Å². The van der Waals surface area contributed by atoms with E-state index in [2.05, 4.69) is 19.1 Å². The van der Waals surface area contributed by atoms with Crippen LogP contribution in [0.1, 0.15) is 90.9 Å². The molecule has 0 aromatic heterocycles. The van der Waals surface area contributed by atoms with Crippen molar-refractivity contribution in [2.75, 3.05) is 0 Å². The number of hydrogen-bond acceptors (Lipinski definition) is 1. The summed E-state index contributed by atoms with van der Waals surface area (Å²) in [4.78, 5) is 0. The third-order valence-corrected chi connectivity index (χ3v) is 3.38. The van der Waals surface area contributed by atoms with Gasteiger partial charge in [0, 0.05) is 0 Å². The SMILES string of the molecule is CCCC/C=C\CCCCCCCCCC(C)O. The average Bonchev–Trinajstić information content (AvgIpc) is 2.34. The van der Waals surface area contributed by atoms with Gasteiger partial charge in [0.05, 0.1) is 6.10 Å². The number of hydrogen-bond donors (Lipinski definition) is 1. The van der Waals surface area contributed by atoms with Crippen molar-refractivity contribution in [1.29, 1.82) is 0 Å². The summed E-state index contributed by atoms with van der Waals surface area (Å²) in [6.07, 6.45) is 20.1. The molecule has 0 bridgehead atoms. The van der Waals surface area contributed by atoms with E-state index in [0.717, 1.165) is 6.42 Å². The highest BCUT2D eigenvalue weighted by molar-refractivity contribution is 4.81. The van der Waals surface area contributed by atoms with Crippen molar-refractivity contribution >= 4 is 0 Å². The molecule has 0 saturated heterocycles. The first kappa shape index (κ1) is 17.7. The molecule has 0 rings (SSSR count). The molecule has 1 heteroatoms. The first-order valence-electron chi connectivity index (χ1n) is 8.10. The molecule has 0 aliphatic rings. The summed E-state index contributed by atoms with van der Waals surface area (Å²) in [6.45, 7) is 4.13. The van der Waals surface area contributed by atoms with Crippen molar-refractivity contribution in [1.82, 2.24) is 0 Å². The van der Waals surface area contributed by atoms with Crippen molar-refractivity contribution in [2.24, 2.45) is 0 Å². The predicted octanol–water partition coefficient (Wildman–Crippen LogP) is 5.62. The predicted molar refractivity (Wildman–Crippen MR) is 81.9 cm³/mol. The van der Waals surface area contributed by atoms with Crippen molar-refractivity contribution in [2.45, 2.75) is 97.0 Å². The second-order valence-electron chi connectivity index (χ2n) is 5.51. The van der Waals surface area contributed by atoms with Gasteiger partial charge in [0.15, 0.2) is 0 Å². The van der Waals surface area contributed by atoms with Crippen LogP contribution in [0.25, 0.3) is 0 Å². The summed E-state index contributed by atoms with van der Waals surface area (Å²) >= 11 is 0. The van der Waals surface area contributed by atoms with Crippen molar-refractivity contribution in [3.63, 3.8) is 0 Å². The Labute approximate surface area is 115 Å². The second kappa shape index (κ2) is 14.8. The Morgan fingerprint density at radius 1 is 0.778 bits per heavy atom. The molecule has 1 unspecified atom stereocenters. The van der Waals surface area contributed by atoms with Crippen LogP contribution in [0.5, 0.6) is 0 Å². The Hall–Kier alpha value is -0.300. The van der Waals surface area contributed by atoms with E-state index in [4.69, 9.17) is 5.11 Å². The maximum absolute atomic E-state index is 9.12. The Balaban J connectivity index is 3.01. The first-order chi connectivity index (χ1) is 8.77. The van der Waals surface area contributed by atoms with Crippen LogP contribution in [0.15, 0.2) is 12.2 Å². The van der Waals surface area contributed by atoms with Gasteiger partial charge >= 0.3 is 0 Å². The van der Waals surface area contributed by atoms with Crippen LogP contribution in [0.2, 0.25) is 0 Å². The first-order valence-corrected chi connectivity index (χ1v) is 8.10. The van der Waals surface area contributed by atoms with E-state index in [1.807, 2.05) is 6.92 Å². The fourth-order valence-corrected chi connectivity index (χ4v) is 2.14. The molecule has 1 nitrogen and oxygen atoms in total. The summed E-state index contributed by atoms with van der Waals surface area (Å²) in [5, 5.41) is 9.12. The number of rotatable bonds is 13. The Bertz CT molecular complexity index is 172. The van der Waals surface area contributed by atoms with Gasteiger partial charge in [0.1, 0.15) is 0 Å². The Morgan fingerprint density at radius 2 is 1.28 bits per heavy atom. The minimum Gasteiger partial charge on any atom is -0.393 e. The third-order valence-electron chi connectivity index (χ3n) is 3.38. The zero-order chi connectivity index (χ0) is 13.5. The molecule has 0 aliphatic heterocycles. The minimum atomic E-state index is -0.107. The molecular weight excluding hydrogens is 220 g/mol. The van der Waals surface area contributed by atoms with Crippen LogP contribution in [0.4, 0.5) is 0 Å². The van der Waals surface area contributed by atoms with Gasteiger partial charge in [-0.05, 0) is 32.6 Å². The number of aliphatic hydroxyl groups excluding tert-OH is 1. The summed E-state index contributed by atoms with van der Waals surface area (Å²) in [7, 11) is 0. The molecule has 0 saturated carbocycles. The van der Waals surface area contributed by atoms with Crippen LogP contribution < -0.4 is 0 Å². The monoisotopic (exact) mass is 254 g/mol. The molecule has 0 aromatic carbocycles. The van der Waals surface area contributed by atoms with Gasteiger partial charge < -0.3 is 5.11 Å². The lowest BCUT2D eigenvalue weighted by Crippen LogP contribution is -1.98. The van der Waals surface area contributed by atoms with E-state index in [0.29, 0.717) is 0 Å². The Morgan fingerprint density at radius 3 is 1.83 bits per heavy atom. The minimum absolute atomic E-state index is 0.107. The quantitative estimate of drug-likeness (QED) is 0.334. The van der Waals surface area contributed by atoms with Gasteiger partial charge in [-0.3, -0.25) is 0 Å². The molecule has 0 fully saturated rings. The third kappa shape index (κ3) is 15.7. The normalized spacial score (nSPS) is 13.3. The molecule has 1 N–H and O–H groups in total. The molecule has 18 heavy (non-hydrogen) atoms. The maximum Gasteiger partial charge on any atom is 0.0512 e. The number of aliphatic hydroxyl groups is 1.